The van der Waals surface area contributed by atoms with E-state index in [0.717, 1.165) is 18.8 Å². The van der Waals surface area contributed by atoms with Crippen LogP contribution in [0, 0.1) is 0 Å². The zero-order valence-electron chi connectivity index (χ0n) is 14.4. The number of hydrogen-bond donors (Lipinski definition) is 1. The van der Waals surface area contributed by atoms with Crippen LogP contribution in [0.1, 0.15) is 24.2 Å². The number of carboxylic acid groups (broad SMARTS) is 1. The molecule has 2 aromatic rings. The lowest BCUT2D eigenvalue weighted by atomic mass is 10.1. The Morgan fingerprint density at radius 3 is 2.60 bits per heavy atom. The third-order valence-electron chi connectivity index (χ3n) is 4.38. The summed E-state index contributed by atoms with van der Waals surface area (Å²) in [7, 11) is 0. The van der Waals surface area contributed by atoms with Crippen molar-refractivity contribution in [1.29, 1.82) is 0 Å². The number of carbonyl (C=O) groups is 1. The van der Waals surface area contributed by atoms with Gasteiger partial charge in [-0.1, -0.05) is 0 Å². The number of hydrogen-bond acceptors (Lipinski definition) is 5. The van der Waals surface area contributed by atoms with Gasteiger partial charge >= 0.3 is 5.97 Å². The minimum absolute atomic E-state index is 0.226. The maximum Gasteiger partial charge on any atom is 0.341 e. The monoisotopic (exact) mass is 346 g/mol. The van der Waals surface area contributed by atoms with Crippen molar-refractivity contribution < 1.29 is 19.4 Å². The van der Waals surface area contributed by atoms with Crippen molar-refractivity contribution in [2.24, 2.45) is 0 Å². The first-order chi connectivity index (χ1) is 12.1. The molecular formula is C18H22N2O5. The molecule has 1 aromatic carbocycles. The van der Waals surface area contributed by atoms with Crippen molar-refractivity contribution in [3.8, 4) is 5.75 Å². The molecule has 0 aliphatic carbocycles. The summed E-state index contributed by atoms with van der Waals surface area (Å²) in [6.45, 7) is 7.59. The second kappa shape index (κ2) is 7.14. The number of morpholine rings is 1. The molecule has 1 N–H and O–H groups in total. The molecule has 1 aliphatic heterocycles. The summed E-state index contributed by atoms with van der Waals surface area (Å²) >= 11 is 0. The van der Waals surface area contributed by atoms with Gasteiger partial charge < -0.3 is 24.0 Å². The first kappa shape index (κ1) is 17.3. The fourth-order valence-electron chi connectivity index (χ4n) is 3.14. The highest BCUT2D eigenvalue weighted by molar-refractivity contribution is 5.94. The van der Waals surface area contributed by atoms with E-state index in [0.29, 0.717) is 43.0 Å². The summed E-state index contributed by atoms with van der Waals surface area (Å²) in [5.41, 5.74) is 0.905. The minimum atomic E-state index is -1.22. The highest BCUT2D eigenvalue weighted by atomic mass is 16.5. The van der Waals surface area contributed by atoms with Gasteiger partial charge in [0.25, 0.3) is 0 Å². The van der Waals surface area contributed by atoms with Crippen LogP contribution < -0.4 is 15.1 Å². The first-order valence-electron chi connectivity index (χ1n) is 8.46. The fourth-order valence-corrected chi connectivity index (χ4v) is 3.14. The Morgan fingerprint density at radius 2 is 2.00 bits per heavy atom. The van der Waals surface area contributed by atoms with Crippen molar-refractivity contribution in [3.63, 3.8) is 0 Å². The van der Waals surface area contributed by atoms with Crippen molar-refractivity contribution in [1.82, 2.24) is 4.57 Å². The van der Waals surface area contributed by atoms with Gasteiger partial charge in [-0.2, -0.15) is 0 Å². The molecule has 0 spiro atoms. The van der Waals surface area contributed by atoms with E-state index in [1.54, 1.807) is 10.6 Å². The van der Waals surface area contributed by atoms with E-state index in [2.05, 4.69) is 4.90 Å². The van der Waals surface area contributed by atoms with E-state index < -0.39 is 11.4 Å². The molecule has 0 amide bonds. The van der Waals surface area contributed by atoms with E-state index in [4.69, 9.17) is 9.47 Å². The number of nitrogens with zero attached hydrogens (tertiary/aromatic N) is 2. The smallest absolute Gasteiger partial charge is 0.341 e. The van der Waals surface area contributed by atoms with Crippen LogP contribution in [0.2, 0.25) is 0 Å². The predicted molar refractivity (Wildman–Crippen MR) is 95.0 cm³/mol. The molecule has 134 valence electrons. The maximum absolute atomic E-state index is 12.6. The summed E-state index contributed by atoms with van der Waals surface area (Å²) in [6, 6.07) is 3.59. The number of fused-ring (bicyclic) bond motifs is 1. The standard InChI is InChI=1S/C18H22N2O5/c1-3-19-11-13(18(22)23)17(21)12-9-16(25-4-2)15(10-14(12)19)20-5-7-24-8-6-20/h9-11H,3-8H2,1-2H3,(H,22,23). The van der Waals surface area contributed by atoms with Crippen LogP contribution in [0.5, 0.6) is 5.75 Å². The van der Waals surface area contributed by atoms with E-state index in [9.17, 15) is 14.7 Å². The molecule has 0 saturated carbocycles. The maximum atomic E-state index is 12.6. The van der Waals surface area contributed by atoms with Crippen molar-refractivity contribution in [2.75, 3.05) is 37.8 Å². The van der Waals surface area contributed by atoms with Crippen LogP contribution in [0.3, 0.4) is 0 Å². The summed E-state index contributed by atoms with van der Waals surface area (Å²) in [5, 5.41) is 9.67. The van der Waals surface area contributed by atoms with E-state index in [-0.39, 0.29) is 5.56 Å². The zero-order chi connectivity index (χ0) is 18.0. The summed E-state index contributed by atoms with van der Waals surface area (Å²) < 4.78 is 13.0. The van der Waals surface area contributed by atoms with Gasteiger partial charge in [-0.25, -0.2) is 4.79 Å². The zero-order valence-corrected chi connectivity index (χ0v) is 14.4. The highest BCUT2D eigenvalue weighted by Gasteiger charge is 2.20. The summed E-state index contributed by atoms with van der Waals surface area (Å²) in [4.78, 5) is 26.2. The van der Waals surface area contributed by atoms with E-state index in [1.165, 1.54) is 6.20 Å². The van der Waals surface area contributed by atoms with Gasteiger partial charge in [0.2, 0.25) is 5.43 Å². The summed E-state index contributed by atoms with van der Waals surface area (Å²) in [5.74, 6) is -0.622. The Hall–Kier alpha value is -2.54. The number of pyridine rings is 1. The first-order valence-corrected chi connectivity index (χ1v) is 8.46. The molecule has 3 rings (SSSR count). The molecule has 7 nitrogen and oxygen atoms in total. The number of ether oxygens (including phenoxy) is 2. The Kier molecular flexibility index (Phi) is 4.94. The Bertz CT molecular complexity index is 853. The van der Waals surface area contributed by atoms with E-state index >= 15 is 0 Å². The van der Waals surface area contributed by atoms with Crippen LogP contribution in [-0.4, -0.2) is 48.6 Å². The van der Waals surface area contributed by atoms with Gasteiger partial charge in [0.1, 0.15) is 11.3 Å². The molecule has 0 atom stereocenters. The van der Waals surface area contributed by atoms with Gasteiger partial charge in [-0.15, -0.1) is 0 Å². The average molecular weight is 346 g/mol. The van der Waals surface area contributed by atoms with Crippen LogP contribution in [-0.2, 0) is 11.3 Å². The molecule has 0 radical (unpaired) electrons. The SMILES string of the molecule is CCOc1cc2c(=O)c(C(=O)O)cn(CC)c2cc1N1CCOCC1. The molecule has 25 heavy (non-hydrogen) atoms. The van der Waals surface area contributed by atoms with Gasteiger partial charge in [0, 0.05) is 25.8 Å². The highest BCUT2D eigenvalue weighted by Crippen LogP contribution is 2.33. The quantitative estimate of drug-likeness (QED) is 0.891. The molecule has 1 fully saturated rings. The predicted octanol–water partition coefficient (Wildman–Crippen LogP) is 1.95. The number of carboxylic acids is 1. The molecule has 1 aromatic heterocycles. The third kappa shape index (κ3) is 3.19. The van der Waals surface area contributed by atoms with Crippen LogP contribution in [0.25, 0.3) is 10.9 Å². The lowest BCUT2D eigenvalue weighted by Crippen LogP contribution is -2.36. The molecule has 7 heteroatoms. The normalized spacial score (nSPS) is 14.7. The number of anilines is 1. The molecular weight excluding hydrogens is 324 g/mol. The lowest BCUT2D eigenvalue weighted by Gasteiger charge is -2.30. The molecule has 0 unspecified atom stereocenters. The number of aromatic carboxylic acids is 1. The van der Waals surface area contributed by atoms with Gasteiger partial charge in [-0.3, -0.25) is 4.79 Å². The second-order valence-electron chi connectivity index (χ2n) is 5.83. The van der Waals surface area contributed by atoms with Crippen LogP contribution in [0.4, 0.5) is 5.69 Å². The Balaban J connectivity index is 2.27. The fraction of sp³-hybridized carbons (Fsp3) is 0.444. The molecule has 0 bridgehead atoms. The van der Waals surface area contributed by atoms with Crippen LogP contribution >= 0.6 is 0 Å². The average Bonchev–Trinajstić information content (AvgIpc) is 2.62. The number of aromatic nitrogens is 1. The van der Waals surface area contributed by atoms with Gasteiger partial charge in [0.15, 0.2) is 0 Å². The van der Waals surface area contributed by atoms with Crippen molar-refractivity contribution >= 4 is 22.6 Å². The Morgan fingerprint density at radius 1 is 1.28 bits per heavy atom. The Labute approximate surface area is 145 Å². The van der Waals surface area contributed by atoms with Gasteiger partial charge in [-0.05, 0) is 26.0 Å². The van der Waals surface area contributed by atoms with E-state index in [1.807, 2.05) is 19.9 Å². The number of aryl methyl sites for hydroxylation is 1. The second-order valence-corrected chi connectivity index (χ2v) is 5.83. The number of benzene rings is 1. The van der Waals surface area contributed by atoms with Crippen molar-refractivity contribution in [3.05, 3.63) is 34.1 Å². The molecule has 1 saturated heterocycles. The molecule has 2 heterocycles. The third-order valence-corrected chi connectivity index (χ3v) is 4.38. The largest absolute Gasteiger partial charge is 0.492 e. The summed E-state index contributed by atoms with van der Waals surface area (Å²) in [6.07, 6.45) is 1.41. The van der Waals surface area contributed by atoms with Crippen LogP contribution in [0.15, 0.2) is 23.1 Å². The van der Waals surface area contributed by atoms with Gasteiger partial charge in [0.05, 0.1) is 36.4 Å². The minimum Gasteiger partial charge on any atom is -0.492 e. The van der Waals surface area contributed by atoms with Crippen molar-refractivity contribution in [2.45, 2.75) is 20.4 Å². The molecule has 1 aliphatic rings. The lowest BCUT2D eigenvalue weighted by molar-refractivity contribution is 0.0695. The number of rotatable bonds is 5. The topological polar surface area (TPSA) is 81.0 Å².